The minimum atomic E-state index is -0.358. The molecule has 0 spiro atoms. The molecule has 0 saturated heterocycles. The molecular formula is C13H23N3O2. The average Bonchev–Trinajstić information content (AvgIpc) is 2.43. The minimum Gasteiger partial charge on any atom is -0.478 e. The second kappa shape index (κ2) is 7.16. The number of aromatic nitrogens is 2. The van der Waals surface area contributed by atoms with E-state index < -0.39 is 0 Å². The highest BCUT2D eigenvalue weighted by Crippen LogP contribution is 2.20. The molecule has 0 radical (unpaired) electrons. The maximum Gasteiger partial charge on any atom is 0.226 e. The van der Waals surface area contributed by atoms with Crippen LogP contribution in [0.3, 0.4) is 0 Å². The molecule has 5 heteroatoms. The molecule has 0 atom stereocenters. The van der Waals surface area contributed by atoms with E-state index in [1.807, 2.05) is 20.8 Å². The zero-order chi connectivity index (χ0) is 13.4. The van der Waals surface area contributed by atoms with E-state index in [0.29, 0.717) is 18.4 Å². The standard InChI is InChI=1S/C13H23N3O2/c1-4-9-18-11-7-8-14-12(15-11)16-13(5-2,6-3)10-17/h7-8,17H,4-6,9-10H2,1-3H3,(H,14,15,16). The molecular weight excluding hydrogens is 230 g/mol. The van der Waals surface area contributed by atoms with Crippen LogP contribution in [0.25, 0.3) is 0 Å². The van der Waals surface area contributed by atoms with Crippen molar-refractivity contribution in [1.29, 1.82) is 0 Å². The van der Waals surface area contributed by atoms with Gasteiger partial charge in [0.05, 0.1) is 18.8 Å². The summed E-state index contributed by atoms with van der Waals surface area (Å²) in [7, 11) is 0. The Morgan fingerprint density at radius 1 is 1.33 bits per heavy atom. The Bertz CT molecular complexity index is 346. The summed E-state index contributed by atoms with van der Waals surface area (Å²) in [6.45, 7) is 6.81. The summed E-state index contributed by atoms with van der Waals surface area (Å²) in [5, 5.41) is 12.7. The van der Waals surface area contributed by atoms with Gasteiger partial charge in [0, 0.05) is 12.3 Å². The van der Waals surface area contributed by atoms with Gasteiger partial charge in [-0.3, -0.25) is 0 Å². The van der Waals surface area contributed by atoms with Crippen molar-refractivity contribution in [2.75, 3.05) is 18.5 Å². The van der Waals surface area contributed by atoms with E-state index in [2.05, 4.69) is 15.3 Å². The molecule has 0 bridgehead atoms. The summed E-state index contributed by atoms with van der Waals surface area (Å²) in [6, 6.07) is 1.74. The number of rotatable bonds is 8. The molecule has 0 aromatic carbocycles. The highest BCUT2D eigenvalue weighted by atomic mass is 16.5. The Balaban J connectivity index is 2.77. The van der Waals surface area contributed by atoms with Crippen LogP contribution >= 0.6 is 0 Å². The lowest BCUT2D eigenvalue weighted by molar-refractivity contribution is 0.201. The first-order valence-corrected chi connectivity index (χ1v) is 6.54. The molecule has 18 heavy (non-hydrogen) atoms. The summed E-state index contributed by atoms with van der Waals surface area (Å²) in [6.07, 6.45) is 4.22. The predicted molar refractivity (Wildman–Crippen MR) is 71.8 cm³/mol. The molecule has 1 rings (SSSR count). The largest absolute Gasteiger partial charge is 0.478 e. The molecule has 0 amide bonds. The van der Waals surface area contributed by atoms with Gasteiger partial charge >= 0.3 is 0 Å². The van der Waals surface area contributed by atoms with Crippen molar-refractivity contribution >= 4 is 5.95 Å². The fraction of sp³-hybridized carbons (Fsp3) is 0.692. The molecule has 1 aromatic heterocycles. The average molecular weight is 253 g/mol. The van der Waals surface area contributed by atoms with E-state index in [-0.39, 0.29) is 12.1 Å². The molecule has 0 fully saturated rings. The third-order valence-corrected chi connectivity index (χ3v) is 3.12. The molecule has 0 aliphatic carbocycles. The van der Waals surface area contributed by atoms with Gasteiger partial charge in [0.2, 0.25) is 11.8 Å². The number of nitrogens with one attached hydrogen (secondary N) is 1. The highest BCUT2D eigenvalue weighted by Gasteiger charge is 2.25. The maximum atomic E-state index is 9.50. The predicted octanol–water partition coefficient (Wildman–Crippen LogP) is 2.23. The van der Waals surface area contributed by atoms with Crippen LogP contribution < -0.4 is 10.1 Å². The summed E-state index contributed by atoms with van der Waals surface area (Å²) < 4.78 is 5.46. The minimum absolute atomic E-state index is 0.0589. The normalized spacial score (nSPS) is 11.3. The number of hydrogen-bond acceptors (Lipinski definition) is 5. The van der Waals surface area contributed by atoms with Gasteiger partial charge in [-0.1, -0.05) is 20.8 Å². The first-order chi connectivity index (χ1) is 8.69. The molecule has 5 nitrogen and oxygen atoms in total. The SMILES string of the molecule is CCCOc1ccnc(NC(CC)(CC)CO)n1. The first kappa shape index (κ1) is 14.7. The quantitative estimate of drug-likeness (QED) is 0.743. The van der Waals surface area contributed by atoms with Gasteiger partial charge in [0.25, 0.3) is 0 Å². The van der Waals surface area contributed by atoms with Gasteiger partial charge in [0.15, 0.2) is 0 Å². The topological polar surface area (TPSA) is 67.3 Å². The number of aliphatic hydroxyl groups is 1. The number of nitrogens with zero attached hydrogens (tertiary/aromatic N) is 2. The van der Waals surface area contributed by atoms with Gasteiger partial charge in [-0.2, -0.15) is 4.98 Å². The molecule has 2 N–H and O–H groups in total. The van der Waals surface area contributed by atoms with Gasteiger partial charge in [-0.15, -0.1) is 0 Å². The van der Waals surface area contributed by atoms with Crippen molar-refractivity contribution in [1.82, 2.24) is 9.97 Å². The molecule has 0 saturated carbocycles. The molecule has 102 valence electrons. The van der Waals surface area contributed by atoms with Crippen molar-refractivity contribution in [3.05, 3.63) is 12.3 Å². The lowest BCUT2D eigenvalue weighted by Crippen LogP contribution is -2.41. The number of aliphatic hydroxyl groups excluding tert-OH is 1. The third kappa shape index (κ3) is 3.84. The second-order valence-corrected chi connectivity index (χ2v) is 4.34. The Kier molecular flexibility index (Phi) is 5.85. The van der Waals surface area contributed by atoms with Crippen molar-refractivity contribution in [2.24, 2.45) is 0 Å². The van der Waals surface area contributed by atoms with Crippen LogP contribution in [0, 0.1) is 0 Å². The van der Waals surface area contributed by atoms with Crippen molar-refractivity contribution in [3.63, 3.8) is 0 Å². The number of hydrogen-bond donors (Lipinski definition) is 2. The lowest BCUT2D eigenvalue weighted by atomic mass is 9.94. The fourth-order valence-electron chi connectivity index (χ4n) is 1.62. The summed E-state index contributed by atoms with van der Waals surface area (Å²) in [5.41, 5.74) is -0.358. The maximum absolute atomic E-state index is 9.50. The van der Waals surface area contributed by atoms with Gasteiger partial charge in [-0.25, -0.2) is 4.98 Å². The van der Waals surface area contributed by atoms with Crippen LogP contribution in [0.2, 0.25) is 0 Å². The van der Waals surface area contributed by atoms with Crippen molar-refractivity contribution < 1.29 is 9.84 Å². The van der Waals surface area contributed by atoms with E-state index in [0.717, 1.165) is 19.3 Å². The van der Waals surface area contributed by atoms with Crippen LogP contribution in [-0.2, 0) is 0 Å². The Hall–Kier alpha value is -1.36. The van der Waals surface area contributed by atoms with E-state index >= 15 is 0 Å². The Labute approximate surface area is 109 Å². The van der Waals surface area contributed by atoms with Crippen LogP contribution in [0.5, 0.6) is 5.88 Å². The summed E-state index contributed by atoms with van der Waals surface area (Å²) in [5.74, 6) is 1.06. The first-order valence-electron chi connectivity index (χ1n) is 6.54. The zero-order valence-corrected chi connectivity index (χ0v) is 11.4. The lowest BCUT2D eigenvalue weighted by Gasteiger charge is -2.30. The third-order valence-electron chi connectivity index (χ3n) is 3.12. The van der Waals surface area contributed by atoms with Gasteiger partial charge < -0.3 is 15.2 Å². The van der Waals surface area contributed by atoms with Gasteiger partial charge in [-0.05, 0) is 19.3 Å². The summed E-state index contributed by atoms with van der Waals surface area (Å²) >= 11 is 0. The highest BCUT2D eigenvalue weighted by molar-refractivity contribution is 5.31. The number of anilines is 1. The van der Waals surface area contributed by atoms with Gasteiger partial charge in [0.1, 0.15) is 0 Å². The van der Waals surface area contributed by atoms with Crippen LogP contribution in [0.4, 0.5) is 5.95 Å². The van der Waals surface area contributed by atoms with Crippen LogP contribution in [0.15, 0.2) is 12.3 Å². The second-order valence-electron chi connectivity index (χ2n) is 4.34. The monoisotopic (exact) mass is 253 g/mol. The molecule has 0 aliphatic rings. The molecule has 1 aromatic rings. The molecule has 0 unspecified atom stereocenters. The van der Waals surface area contributed by atoms with Crippen LogP contribution in [0.1, 0.15) is 40.0 Å². The van der Waals surface area contributed by atoms with E-state index in [9.17, 15) is 5.11 Å². The Morgan fingerprint density at radius 3 is 2.61 bits per heavy atom. The Morgan fingerprint density at radius 2 is 2.06 bits per heavy atom. The summed E-state index contributed by atoms with van der Waals surface area (Å²) in [4.78, 5) is 8.45. The fourth-order valence-corrected chi connectivity index (χ4v) is 1.62. The zero-order valence-electron chi connectivity index (χ0n) is 11.4. The van der Waals surface area contributed by atoms with Crippen LogP contribution in [-0.4, -0.2) is 33.8 Å². The van der Waals surface area contributed by atoms with E-state index in [1.165, 1.54) is 0 Å². The van der Waals surface area contributed by atoms with E-state index in [1.54, 1.807) is 12.3 Å². The van der Waals surface area contributed by atoms with Crippen molar-refractivity contribution in [3.8, 4) is 5.88 Å². The number of ether oxygens (including phenoxy) is 1. The van der Waals surface area contributed by atoms with Crippen molar-refractivity contribution in [2.45, 2.75) is 45.6 Å². The smallest absolute Gasteiger partial charge is 0.226 e. The molecule has 0 aliphatic heterocycles. The molecule has 1 heterocycles. The van der Waals surface area contributed by atoms with E-state index in [4.69, 9.17) is 4.74 Å².